The van der Waals surface area contributed by atoms with Crippen molar-refractivity contribution in [2.45, 2.75) is 31.7 Å². The lowest BCUT2D eigenvalue weighted by atomic mass is 10.0. The largest absolute Gasteiger partial charge is 0.459 e. The van der Waals surface area contributed by atoms with Gasteiger partial charge in [-0.05, 0) is 50.3 Å². The Bertz CT molecular complexity index is 535. The maximum atomic E-state index is 12.8. The third kappa shape index (κ3) is 3.70. The number of amides is 2. The zero-order valence-electron chi connectivity index (χ0n) is 13.1. The summed E-state index contributed by atoms with van der Waals surface area (Å²) in [6, 6.07) is 2.99. The van der Waals surface area contributed by atoms with E-state index in [2.05, 4.69) is 0 Å². The highest BCUT2D eigenvalue weighted by Crippen LogP contribution is 2.24. The Labute approximate surface area is 142 Å². The minimum absolute atomic E-state index is 0. The minimum Gasteiger partial charge on any atom is -0.459 e. The summed E-state index contributed by atoms with van der Waals surface area (Å²) in [6.45, 7) is 2.70. The van der Waals surface area contributed by atoms with Gasteiger partial charge in [0.15, 0.2) is 5.76 Å². The Kier molecular flexibility index (Phi) is 6.07. The quantitative estimate of drug-likeness (QED) is 0.903. The molecule has 0 bridgehead atoms. The second-order valence-electron chi connectivity index (χ2n) is 6.16. The summed E-state index contributed by atoms with van der Waals surface area (Å²) in [6.07, 6.45) is 5.09. The number of hydrogen-bond acceptors (Lipinski definition) is 4. The van der Waals surface area contributed by atoms with Crippen LogP contribution in [0, 0.1) is 5.92 Å². The van der Waals surface area contributed by atoms with Crippen LogP contribution in [-0.2, 0) is 4.79 Å². The SMILES string of the molecule is Cl.NCC1CCN(C(=O)C2CCCCN2C(=O)c2ccco2)C1. The number of carbonyl (C=O) groups is 2. The van der Waals surface area contributed by atoms with Gasteiger partial charge in [0.1, 0.15) is 6.04 Å². The molecule has 3 rings (SSSR count). The number of halogens is 1. The highest BCUT2D eigenvalue weighted by atomic mass is 35.5. The van der Waals surface area contributed by atoms with Gasteiger partial charge in [-0.15, -0.1) is 12.4 Å². The first-order valence-corrected chi connectivity index (χ1v) is 8.04. The molecule has 0 saturated carbocycles. The molecular formula is C16H24ClN3O3. The van der Waals surface area contributed by atoms with E-state index in [1.807, 2.05) is 4.90 Å². The molecular weight excluding hydrogens is 318 g/mol. The van der Waals surface area contributed by atoms with Crippen LogP contribution in [-0.4, -0.2) is 53.8 Å². The lowest BCUT2D eigenvalue weighted by Gasteiger charge is -2.36. The van der Waals surface area contributed by atoms with Crippen molar-refractivity contribution in [1.82, 2.24) is 9.80 Å². The first-order chi connectivity index (χ1) is 10.7. The van der Waals surface area contributed by atoms with E-state index in [1.165, 1.54) is 6.26 Å². The summed E-state index contributed by atoms with van der Waals surface area (Å²) >= 11 is 0. The lowest BCUT2D eigenvalue weighted by molar-refractivity contribution is -0.136. The monoisotopic (exact) mass is 341 g/mol. The van der Waals surface area contributed by atoms with Gasteiger partial charge in [0.05, 0.1) is 6.26 Å². The van der Waals surface area contributed by atoms with Crippen LogP contribution in [0.5, 0.6) is 0 Å². The van der Waals surface area contributed by atoms with Crippen LogP contribution in [0.2, 0.25) is 0 Å². The fourth-order valence-electron chi connectivity index (χ4n) is 3.41. The molecule has 2 saturated heterocycles. The molecule has 0 aromatic carbocycles. The normalized spacial score (nSPS) is 24.4. The van der Waals surface area contributed by atoms with Crippen molar-refractivity contribution < 1.29 is 14.0 Å². The first-order valence-electron chi connectivity index (χ1n) is 8.04. The number of rotatable bonds is 3. The summed E-state index contributed by atoms with van der Waals surface area (Å²) in [5, 5.41) is 0. The topological polar surface area (TPSA) is 79.8 Å². The molecule has 0 radical (unpaired) electrons. The summed E-state index contributed by atoms with van der Waals surface area (Å²) in [7, 11) is 0. The Morgan fingerprint density at radius 2 is 2.09 bits per heavy atom. The smallest absolute Gasteiger partial charge is 0.290 e. The van der Waals surface area contributed by atoms with Gasteiger partial charge in [0.25, 0.3) is 5.91 Å². The molecule has 1 aromatic rings. The van der Waals surface area contributed by atoms with E-state index in [9.17, 15) is 9.59 Å². The Balaban J connectivity index is 0.00000192. The number of furan rings is 1. The van der Waals surface area contributed by atoms with Gasteiger partial charge in [-0.2, -0.15) is 0 Å². The molecule has 2 N–H and O–H groups in total. The van der Waals surface area contributed by atoms with E-state index in [0.717, 1.165) is 32.2 Å². The Morgan fingerprint density at radius 1 is 1.26 bits per heavy atom. The first kappa shape index (κ1) is 17.8. The predicted molar refractivity (Wildman–Crippen MR) is 88.4 cm³/mol. The van der Waals surface area contributed by atoms with Crippen LogP contribution in [0.4, 0.5) is 0 Å². The zero-order chi connectivity index (χ0) is 15.5. The third-order valence-corrected chi connectivity index (χ3v) is 4.71. The molecule has 2 amide bonds. The van der Waals surface area contributed by atoms with Crippen molar-refractivity contribution in [1.29, 1.82) is 0 Å². The summed E-state index contributed by atoms with van der Waals surface area (Å²) in [4.78, 5) is 28.9. The molecule has 6 nitrogen and oxygen atoms in total. The van der Waals surface area contributed by atoms with Gasteiger partial charge in [-0.3, -0.25) is 9.59 Å². The van der Waals surface area contributed by atoms with Gasteiger partial charge in [0, 0.05) is 19.6 Å². The fraction of sp³-hybridized carbons (Fsp3) is 0.625. The van der Waals surface area contributed by atoms with Crippen LogP contribution >= 0.6 is 12.4 Å². The van der Waals surface area contributed by atoms with E-state index >= 15 is 0 Å². The number of hydrogen-bond donors (Lipinski definition) is 1. The van der Waals surface area contributed by atoms with Crippen LogP contribution in [0.25, 0.3) is 0 Å². The van der Waals surface area contributed by atoms with Gasteiger partial charge in [0.2, 0.25) is 5.91 Å². The molecule has 7 heteroatoms. The fourth-order valence-corrected chi connectivity index (χ4v) is 3.41. The number of likely N-dealkylation sites (tertiary alicyclic amines) is 2. The average molecular weight is 342 g/mol. The van der Waals surface area contributed by atoms with Crippen LogP contribution in [0.1, 0.15) is 36.2 Å². The second kappa shape index (κ2) is 7.84. The van der Waals surface area contributed by atoms with E-state index in [4.69, 9.17) is 10.2 Å². The number of carbonyl (C=O) groups excluding carboxylic acids is 2. The van der Waals surface area contributed by atoms with Crippen LogP contribution in [0.3, 0.4) is 0 Å². The molecule has 1 aromatic heterocycles. The molecule has 2 unspecified atom stereocenters. The standard InChI is InChI=1S/C16H23N3O3.ClH/c17-10-12-6-8-18(11-12)15(20)13-4-1-2-7-19(13)16(21)14-5-3-9-22-14;/h3,5,9,12-13H,1-2,4,6-8,10-11,17H2;1H. The molecule has 2 atom stereocenters. The van der Waals surface area contributed by atoms with Gasteiger partial charge in [-0.1, -0.05) is 0 Å². The second-order valence-corrected chi connectivity index (χ2v) is 6.16. The highest BCUT2D eigenvalue weighted by molar-refractivity contribution is 5.95. The molecule has 2 aliphatic heterocycles. The van der Waals surface area contributed by atoms with Crippen LogP contribution < -0.4 is 5.73 Å². The summed E-state index contributed by atoms with van der Waals surface area (Å²) in [5.74, 6) is 0.580. The minimum atomic E-state index is -0.358. The van der Waals surface area contributed by atoms with Crippen molar-refractivity contribution in [2.75, 3.05) is 26.2 Å². The number of nitrogens with zero attached hydrogens (tertiary/aromatic N) is 2. The average Bonchev–Trinajstić information content (AvgIpc) is 3.24. The van der Waals surface area contributed by atoms with E-state index in [-0.39, 0.29) is 30.3 Å². The van der Waals surface area contributed by atoms with E-state index < -0.39 is 0 Å². The van der Waals surface area contributed by atoms with Crippen LogP contribution in [0.15, 0.2) is 22.8 Å². The molecule has 23 heavy (non-hydrogen) atoms. The Hall–Kier alpha value is -1.53. The molecule has 2 fully saturated rings. The van der Waals surface area contributed by atoms with Crippen molar-refractivity contribution in [2.24, 2.45) is 11.7 Å². The van der Waals surface area contributed by atoms with Crippen molar-refractivity contribution >= 4 is 24.2 Å². The third-order valence-electron chi connectivity index (χ3n) is 4.71. The predicted octanol–water partition coefficient (Wildman–Crippen LogP) is 1.50. The number of piperidine rings is 1. The van der Waals surface area contributed by atoms with Crippen molar-refractivity contribution in [3.8, 4) is 0 Å². The maximum absolute atomic E-state index is 12.8. The van der Waals surface area contributed by atoms with Gasteiger partial charge >= 0.3 is 0 Å². The van der Waals surface area contributed by atoms with Crippen molar-refractivity contribution in [3.05, 3.63) is 24.2 Å². The number of nitrogens with two attached hydrogens (primary N) is 1. The molecule has 0 aliphatic carbocycles. The van der Waals surface area contributed by atoms with Gasteiger partial charge in [-0.25, -0.2) is 0 Å². The zero-order valence-corrected chi connectivity index (χ0v) is 14.0. The van der Waals surface area contributed by atoms with Gasteiger partial charge < -0.3 is 20.0 Å². The molecule has 2 aliphatic rings. The molecule has 128 valence electrons. The lowest BCUT2D eigenvalue weighted by Crippen LogP contribution is -2.52. The summed E-state index contributed by atoms with van der Waals surface area (Å²) in [5.41, 5.74) is 5.70. The van der Waals surface area contributed by atoms with E-state index in [1.54, 1.807) is 17.0 Å². The highest BCUT2D eigenvalue weighted by Gasteiger charge is 2.37. The Morgan fingerprint density at radius 3 is 2.74 bits per heavy atom. The van der Waals surface area contributed by atoms with E-state index in [0.29, 0.717) is 31.3 Å². The molecule has 0 spiro atoms. The maximum Gasteiger partial charge on any atom is 0.290 e. The molecule has 3 heterocycles. The summed E-state index contributed by atoms with van der Waals surface area (Å²) < 4.78 is 5.20. The van der Waals surface area contributed by atoms with Crippen molar-refractivity contribution in [3.63, 3.8) is 0 Å².